The van der Waals surface area contributed by atoms with Crippen LogP contribution in [0, 0.1) is 0 Å². The molecule has 0 aromatic heterocycles. The van der Waals surface area contributed by atoms with Gasteiger partial charge in [0.2, 0.25) is 5.91 Å². The minimum Gasteiger partial charge on any atom is -0.481 e. The molecule has 4 heteroatoms. The summed E-state index contributed by atoms with van der Waals surface area (Å²) < 4.78 is 0. The maximum Gasteiger partial charge on any atom is 0.311 e. The Kier molecular flexibility index (Phi) is 3.85. The van der Waals surface area contributed by atoms with Gasteiger partial charge in [-0.25, -0.2) is 0 Å². The molecule has 2 N–H and O–H groups in total. The van der Waals surface area contributed by atoms with E-state index in [0.717, 1.165) is 0 Å². The molecule has 0 bridgehead atoms. The first-order chi connectivity index (χ1) is 7.15. The Morgan fingerprint density at radius 1 is 1.33 bits per heavy atom. The lowest BCUT2D eigenvalue weighted by Crippen LogP contribution is -2.24. The lowest BCUT2D eigenvalue weighted by molar-refractivity contribution is -0.140. The topological polar surface area (TPSA) is 66.4 Å². The Morgan fingerprint density at radius 2 is 1.93 bits per heavy atom. The van der Waals surface area contributed by atoms with Crippen molar-refractivity contribution in [1.29, 1.82) is 0 Å². The van der Waals surface area contributed by atoms with Crippen molar-refractivity contribution in [1.82, 2.24) is 5.32 Å². The van der Waals surface area contributed by atoms with Crippen molar-refractivity contribution in [2.45, 2.75) is 12.3 Å². The molecule has 15 heavy (non-hydrogen) atoms. The Hall–Kier alpha value is -1.84. The van der Waals surface area contributed by atoms with Gasteiger partial charge in [0, 0.05) is 13.5 Å². The first kappa shape index (κ1) is 11.2. The van der Waals surface area contributed by atoms with E-state index in [1.54, 1.807) is 24.3 Å². The number of carbonyl (C=O) groups excluding carboxylic acids is 1. The third-order valence-corrected chi connectivity index (χ3v) is 2.17. The normalized spacial score (nSPS) is 11.8. The maximum absolute atomic E-state index is 11.1. The molecule has 0 spiro atoms. The molecule has 0 radical (unpaired) electrons. The average Bonchev–Trinajstić information content (AvgIpc) is 2.26. The molecular weight excluding hydrogens is 194 g/mol. The minimum absolute atomic E-state index is 0.0319. The average molecular weight is 207 g/mol. The second-order valence-corrected chi connectivity index (χ2v) is 3.18. The van der Waals surface area contributed by atoms with E-state index in [0.29, 0.717) is 5.56 Å². The van der Waals surface area contributed by atoms with Gasteiger partial charge in [-0.2, -0.15) is 0 Å². The molecule has 0 aliphatic rings. The van der Waals surface area contributed by atoms with Crippen molar-refractivity contribution in [3.8, 4) is 0 Å². The summed E-state index contributed by atoms with van der Waals surface area (Å²) in [4.78, 5) is 22.1. The van der Waals surface area contributed by atoms with Crippen LogP contribution in [0.2, 0.25) is 0 Å². The number of hydrogen-bond donors (Lipinski definition) is 2. The van der Waals surface area contributed by atoms with Gasteiger partial charge in [-0.05, 0) is 5.56 Å². The van der Waals surface area contributed by atoms with Crippen molar-refractivity contribution in [3.05, 3.63) is 35.9 Å². The predicted molar refractivity (Wildman–Crippen MR) is 55.5 cm³/mol. The molecule has 0 fully saturated rings. The Bertz CT molecular complexity index is 348. The molecule has 0 aliphatic carbocycles. The SMILES string of the molecule is CNC(=O)CC(C(=O)O)c1ccccc1. The molecule has 0 aliphatic heterocycles. The van der Waals surface area contributed by atoms with E-state index in [4.69, 9.17) is 5.11 Å². The highest BCUT2D eigenvalue weighted by Gasteiger charge is 2.22. The lowest BCUT2D eigenvalue weighted by Gasteiger charge is -2.11. The predicted octanol–water partition coefficient (Wildman–Crippen LogP) is 0.991. The third kappa shape index (κ3) is 3.09. The zero-order chi connectivity index (χ0) is 11.3. The number of nitrogens with one attached hydrogen (secondary N) is 1. The van der Waals surface area contributed by atoms with Crippen LogP contribution in [-0.2, 0) is 9.59 Å². The quantitative estimate of drug-likeness (QED) is 0.773. The van der Waals surface area contributed by atoms with Crippen molar-refractivity contribution < 1.29 is 14.7 Å². The van der Waals surface area contributed by atoms with Crippen LogP contribution < -0.4 is 5.32 Å². The lowest BCUT2D eigenvalue weighted by atomic mass is 9.96. The molecule has 4 nitrogen and oxygen atoms in total. The number of amides is 1. The number of carboxylic acid groups (broad SMARTS) is 1. The molecule has 1 unspecified atom stereocenters. The summed E-state index contributed by atoms with van der Waals surface area (Å²) in [5.41, 5.74) is 0.647. The smallest absolute Gasteiger partial charge is 0.311 e. The van der Waals surface area contributed by atoms with Crippen LogP contribution in [0.5, 0.6) is 0 Å². The van der Waals surface area contributed by atoms with Crippen LogP contribution >= 0.6 is 0 Å². The molecule has 1 rings (SSSR count). The fourth-order valence-electron chi connectivity index (χ4n) is 1.32. The van der Waals surface area contributed by atoms with E-state index in [2.05, 4.69) is 5.32 Å². The summed E-state index contributed by atoms with van der Waals surface area (Å²) in [7, 11) is 1.49. The molecule has 0 saturated heterocycles. The zero-order valence-corrected chi connectivity index (χ0v) is 8.43. The van der Waals surface area contributed by atoms with Crippen LogP contribution in [-0.4, -0.2) is 24.0 Å². The summed E-state index contributed by atoms with van der Waals surface area (Å²) >= 11 is 0. The van der Waals surface area contributed by atoms with Gasteiger partial charge in [-0.15, -0.1) is 0 Å². The highest BCUT2D eigenvalue weighted by atomic mass is 16.4. The van der Waals surface area contributed by atoms with Gasteiger partial charge >= 0.3 is 5.97 Å². The second-order valence-electron chi connectivity index (χ2n) is 3.18. The largest absolute Gasteiger partial charge is 0.481 e. The first-order valence-corrected chi connectivity index (χ1v) is 4.63. The molecular formula is C11H13NO3. The maximum atomic E-state index is 11.1. The summed E-state index contributed by atoms with van der Waals surface area (Å²) in [6, 6.07) is 8.75. The van der Waals surface area contributed by atoms with E-state index in [1.807, 2.05) is 6.07 Å². The van der Waals surface area contributed by atoms with Crippen LogP contribution in [0.4, 0.5) is 0 Å². The minimum atomic E-state index is -0.982. The van der Waals surface area contributed by atoms with Gasteiger partial charge in [-0.3, -0.25) is 9.59 Å². The first-order valence-electron chi connectivity index (χ1n) is 4.63. The fraction of sp³-hybridized carbons (Fsp3) is 0.273. The Morgan fingerprint density at radius 3 is 2.40 bits per heavy atom. The van der Waals surface area contributed by atoms with Gasteiger partial charge in [0.05, 0.1) is 5.92 Å². The molecule has 1 atom stereocenters. The van der Waals surface area contributed by atoms with E-state index < -0.39 is 11.9 Å². The molecule has 0 saturated carbocycles. The second kappa shape index (κ2) is 5.14. The van der Waals surface area contributed by atoms with E-state index >= 15 is 0 Å². The van der Waals surface area contributed by atoms with Crippen molar-refractivity contribution >= 4 is 11.9 Å². The van der Waals surface area contributed by atoms with Crippen molar-refractivity contribution in [2.75, 3.05) is 7.05 Å². The Labute approximate surface area is 87.9 Å². The molecule has 1 aromatic rings. The van der Waals surface area contributed by atoms with E-state index in [1.165, 1.54) is 7.05 Å². The Balaban J connectivity index is 2.84. The van der Waals surface area contributed by atoms with Crippen LogP contribution in [0.3, 0.4) is 0 Å². The molecule has 1 amide bonds. The van der Waals surface area contributed by atoms with E-state index in [9.17, 15) is 9.59 Å². The van der Waals surface area contributed by atoms with Gasteiger partial charge in [0.1, 0.15) is 0 Å². The summed E-state index contributed by atoms with van der Waals surface area (Å²) in [5.74, 6) is -2.03. The highest BCUT2D eigenvalue weighted by Crippen LogP contribution is 2.19. The molecule has 1 aromatic carbocycles. The van der Waals surface area contributed by atoms with Crippen molar-refractivity contribution in [3.63, 3.8) is 0 Å². The molecule has 0 heterocycles. The summed E-state index contributed by atoms with van der Waals surface area (Å²) in [6.45, 7) is 0. The van der Waals surface area contributed by atoms with Gasteiger partial charge in [0.15, 0.2) is 0 Å². The standard InChI is InChI=1S/C11H13NO3/c1-12-10(13)7-9(11(14)15)8-5-3-2-4-6-8/h2-6,9H,7H2,1H3,(H,12,13)(H,14,15). The van der Waals surface area contributed by atoms with Gasteiger partial charge in [0.25, 0.3) is 0 Å². The summed E-state index contributed by atoms with van der Waals surface area (Å²) in [6.07, 6.45) is -0.0319. The number of carboxylic acids is 1. The third-order valence-electron chi connectivity index (χ3n) is 2.17. The number of carbonyl (C=O) groups is 2. The number of aliphatic carboxylic acids is 1. The zero-order valence-electron chi connectivity index (χ0n) is 8.43. The van der Waals surface area contributed by atoms with Gasteiger partial charge in [-0.1, -0.05) is 30.3 Å². The van der Waals surface area contributed by atoms with Crippen LogP contribution in [0.15, 0.2) is 30.3 Å². The van der Waals surface area contributed by atoms with Gasteiger partial charge < -0.3 is 10.4 Å². The number of benzene rings is 1. The molecule has 80 valence electrons. The van der Waals surface area contributed by atoms with Crippen LogP contribution in [0.1, 0.15) is 17.9 Å². The summed E-state index contributed by atoms with van der Waals surface area (Å²) in [5, 5.41) is 11.4. The number of hydrogen-bond acceptors (Lipinski definition) is 2. The number of rotatable bonds is 4. The monoisotopic (exact) mass is 207 g/mol. The highest BCUT2D eigenvalue weighted by molar-refractivity contribution is 5.85. The van der Waals surface area contributed by atoms with Crippen LogP contribution in [0.25, 0.3) is 0 Å². The van der Waals surface area contributed by atoms with Crippen molar-refractivity contribution in [2.24, 2.45) is 0 Å². The van der Waals surface area contributed by atoms with E-state index in [-0.39, 0.29) is 12.3 Å². The fourth-order valence-corrected chi connectivity index (χ4v) is 1.32.